The molecule has 7 heteroatoms. The van der Waals surface area contributed by atoms with Crippen LogP contribution in [0.15, 0.2) is 65.6 Å². The van der Waals surface area contributed by atoms with Crippen LogP contribution in [0.3, 0.4) is 0 Å². The lowest BCUT2D eigenvalue weighted by Gasteiger charge is -2.29. The molecule has 0 spiro atoms. The highest BCUT2D eigenvalue weighted by molar-refractivity contribution is 7.85. The smallest absolute Gasteiger partial charge is 0.274 e. The van der Waals surface area contributed by atoms with Gasteiger partial charge in [-0.25, -0.2) is 4.68 Å². The summed E-state index contributed by atoms with van der Waals surface area (Å²) in [4.78, 5) is 20.0. The molecule has 30 heavy (non-hydrogen) atoms. The van der Waals surface area contributed by atoms with Gasteiger partial charge in [-0.05, 0) is 24.3 Å². The number of benzene rings is 2. The highest BCUT2D eigenvalue weighted by atomic mass is 32.2. The lowest BCUT2D eigenvalue weighted by molar-refractivity contribution is 0.580. The minimum atomic E-state index is -0.736. The summed E-state index contributed by atoms with van der Waals surface area (Å²) in [6.07, 6.45) is 2.42. The molecule has 5 rings (SSSR count). The maximum atomic E-state index is 13.1. The third-order valence-electron chi connectivity index (χ3n) is 5.63. The maximum Gasteiger partial charge on any atom is 0.274 e. The average Bonchev–Trinajstić information content (AvgIpc) is 2.79. The van der Waals surface area contributed by atoms with Gasteiger partial charge in [-0.1, -0.05) is 30.3 Å². The number of rotatable bonds is 4. The molecule has 2 aromatic heterocycles. The van der Waals surface area contributed by atoms with E-state index in [1.165, 1.54) is 4.68 Å². The standard InChI is InChI=1S/C23H22N4O2S/c28-23-19-5-3-7-22(26-12-14-30(29)15-13-26)20(19)16-24-27(23)11-10-18-9-8-17-4-1-2-6-21(17)25-18/h1-9,16H,10-15H2. The van der Waals surface area contributed by atoms with Crippen LogP contribution in [0, 0.1) is 0 Å². The number of aromatic nitrogens is 3. The Morgan fingerprint density at radius 1 is 0.933 bits per heavy atom. The lowest BCUT2D eigenvalue weighted by Crippen LogP contribution is -2.38. The van der Waals surface area contributed by atoms with Crippen molar-refractivity contribution >= 4 is 38.2 Å². The minimum Gasteiger partial charge on any atom is -0.369 e. The summed E-state index contributed by atoms with van der Waals surface area (Å²) in [6, 6.07) is 17.9. The molecule has 0 aliphatic carbocycles. The van der Waals surface area contributed by atoms with Gasteiger partial charge in [0.05, 0.1) is 23.6 Å². The van der Waals surface area contributed by atoms with Crippen LogP contribution in [-0.2, 0) is 23.8 Å². The van der Waals surface area contributed by atoms with Crippen molar-refractivity contribution in [3.05, 3.63) is 76.8 Å². The van der Waals surface area contributed by atoms with Crippen LogP contribution in [0.2, 0.25) is 0 Å². The molecule has 3 heterocycles. The van der Waals surface area contributed by atoms with Crippen LogP contribution in [0.1, 0.15) is 5.69 Å². The molecule has 1 fully saturated rings. The van der Waals surface area contributed by atoms with Crippen molar-refractivity contribution < 1.29 is 4.21 Å². The first-order valence-corrected chi connectivity index (χ1v) is 11.6. The first kappa shape index (κ1) is 18.9. The van der Waals surface area contributed by atoms with Gasteiger partial charge in [0.15, 0.2) is 0 Å². The predicted octanol–water partition coefficient (Wildman–Crippen LogP) is 2.76. The van der Waals surface area contributed by atoms with Gasteiger partial charge in [0.1, 0.15) is 0 Å². The van der Waals surface area contributed by atoms with Gasteiger partial charge in [0, 0.05) is 64.0 Å². The fourth-order valence-electron chi connectivity index (χ4n) is 3.98. The van der Waals surface area contributed by atoms with Crippen molar-refractivity contribution in [1.29, 1.82) is 0 Å². The normalized spacial score (nSPS) is 15.1. The number of pyridine rings is 1. The van der Waals surface area contributed by atoms with E-state index < -0.39 is 10.8 Å². The molecule has 0 atom stereocenters. The summed E-state index contributed by atoms with van der Waals surface area (Å²) in [6.45, 7) is 1.96. The topological polar surface area (TPSA) is 68.1 Å². The quantitative estimate of drug-likeness (QED) is 0.510. The molecule has 1 aliphatic heterocycles. The molecule has 0 radical (unpaired) electrons. The summed E-state index contributed by atoms with van der Waals surface area (Å²) in [7, 11) is -0.736. The Labute approximate surface area is 176 Å². The lowest BCUT2D eigenvalue weighted by atomic mass is 10.1. The highest BCUT2D eigenvalue weighted by Crippen LogP contribution is 2.25. The number of anilines is 1. The molecular weight excluding hydrogens is 396 g/mol. The number of nitrogens with zero attached hydrogens (tertiary/aromatic N) is 4. The van der Waals surface area contributed by atoms with Crippen molar-refractivity contribution in [2.45, 2.75) is 13.0 Å². The first-order valence-electron chi connectivity index (χ1n) is 10.1. The van der Waals surface area contributed by atoms with Gasteiger partial charge in [0.2, 0.25) is 0 Å². The summed E-state index contributed by atoms with van der Waals surface area (Å²) < 4.78 is 13.2. The van der Waals surface area contributed by atoms with E-state index in [4.69, 9.17) is 0 Å². The van der Waals surface area contributed by atoms with Crippen LogP contribution in [0.25, 0.3) is 21.7 Å². The van der Waals surface area contributed by atoms with E-state index in [1.54, 1.807) is 6.20 Å². The summed E-state index contributed by atoms with van der Waals surface area (Å²) in [5.74, 6) is 1.33. The molecule has 0 bridgehead atoms. The van der Waals surface area contributed by atoms with Crippen LogP contribution < -0.4 is 10.5 Å². The van der Waals surface area contributed by atoms with Crippen molar-refractivity contribution in [3.63, 3.8) is 0 Å². The van der Waals surface area contributed by atoms with Crippen molar-refractivity contribution in [3.8, 4) is 0 Å². The molecule has 1 aliphatic rings. The molecular formula is C23H22N4O2S. The van der Waals surface area contributed by atoms with Crippen molar-refractivity contribution in [2.24, 2.45) is 0 Å². The van der Waals surface area contributed by atoms with Gasteiger partial charge in [-0.3, -0.25) is 14.0 Å². The van der Waals surface area contributed by atoms with E-state index >= 15 is 0 Å². The van der Waals surface area contributed by atoms with Gasteiger partial charge in [-0.15, -0.1) is 0 Å². The van der Waals surface area contributed by atoms with Crippen LogP contribution in [0.5, 0.6) is 0 Å². The third kappa shape index (κ3) is 3.61. The molecule has 0 unspecified atom stereocenters. The Kier molecular flexibility index (Phi) is 5.04. The largest absolute Gasteiger partial charge is 0.369 e. The van der Waals surface area contributed by atoms with E-state index in [2.05, 4.69) is 21.0 Å². The van der Waals surface area contributed by atoms with E-state index in [1.807, 2.05) is 48.5 Å². The number of hydrogen-bond donors (Lipinski definition) is 0. The summed E-state index contributed by atoms with van der Waals surface area (Å²) in [5, 5.41) is 7.08. The van der Waals surface area contributed by atoms with Crippen LogP contribution in [0.4, 0.5) is 5.69 Å². The van der Waals surface area contributed by atoms with E-state index in [0.29, 0.717) is 29.9 Å². The number of para-hydroxylation sites is 1. The molecule has 0 saturated carbocycles. The highest BCUT2D eigenvalue weighted by Gasteiger charge is 2.18. The molecule has 0 N–H and O–H groups in total. The Bertz CT molecular complexity index is 1310. The molecule has 2 aromatic carbocycles. The fraction of sp³-hybridized carbons (Fsp3) is 0.261. The molecule has 1 saturated heterocycles. The Morgan fingerprint density at radius 3 is 2.63 bits per heavy atom. The second kappa shape index (κ2) is 7.99. The van der Waals surface area contributed by atoms with Crippen molar-refractivity contribution in [1.82, 2.24) is 14.8 Å². The molecule has 4 aromatic rings. The van der Waals surface area contributed by atoms with Gasteiger partial charge >= 0.3 is 0 Å². The number of hydrogen-bond acceptors (Lipinski definition) is 5. The van der Waals surface area contributed by atoms with E-state index in [9.17, 15) is 9.00 Å². The van der Waals surface area contributed by atoms with E-state index in [-0.39, 0.29) is 5.56 Å². The molecule has 152 valence electrons. The van der Waals surface area contributed by atoms with Gasteiger partial charge in [0.25, 0.3) is 5.56 Å². The molecule has 0 amide bonds. The van der Waals surface area contributed by atoms with E-state index in [0.717, 1.165) is 40.8 Å². The maximum absolute atomic E-state index is 13.1. The summed E-state index contributed by atoms with van der Waals surface area (Å²) in [5.41, 5.74) is 2.81. The number of aryl methyl sites for hydroxylation is 2. The number of fused-ring (bicyclic) bond motifs is 2. The zero-order chi connectivity index (χ0) is 20.5. The third-order valence-corrected chi connectivity index (χ3v) is 6.90. The van der Waals surface area contributed by atoms with Gasteiger partial charge < -0.3 is 4.90 Å². The second-order valence-corrected chi connectivity index (χ2v) is 9.19. The Balaban J connectivity index is 1.42. The average molecular weight is 419 g/mol. The zero-order valence-corrected chi connectivity index (χ0v) is 17.3. The second-order valence-electron chi connectivity index (χ2n) is 7.49. The Hall–Kier alpha value is -3.06. The van der Waals surface area contributed by atoms with Crippen LogP contribution >= 0.6 is 0 Å². The van der Waals surface area contributed by atoms with Gasteiger partial charge in [-0.2, -0.15) is 5.10 Å². The van der Waals surface area contributed by atoms with Crippen molar-refractivity contribution in [2.75, 3.05) is 29.5 Å². The SMILES string of the molecule is O=c1c2cccc(N3CCS(=O)CC3)c2cnn1CCc1ccc2ccccc2n1. The molecule has 6 nitrogen and oxygen atoms in total. The Morgan fingerprint density at radius 2 is 1.77 bits per heavy atom. The summed E-state index contributed by atoms with van der Waals surface area (Å²) >= 11 is 0. The fourth-order valence-corrected chi connectivity index (χ4v) is 5.03. The zero-order valence-electron chi connectivity index (χ0n) is 16.5. The predicted molar refractivity (Wildman–Crippen MR) is 122 cm³/mol. The minimum absolute atomic E-state index is 0.0873. The van der Waals surface area contributed by atoms with Crippen LogP contribution in [-0.4, -0.2) is 43.6 Å². The first-order chi connectivity index (χ1) is 14.7. The monoisotopic (exact) mass is 418 g/mol.